The Morgan fingerprint density at radius 2 is 1.68 bits per heavy atom. The second-order valence-electron chi connectivity index (χ2n) is 6.25. The number of rotatable bonds is 7. The monoisotopic (exact) mass is 394 g/mol. The zero-order valence-electron chi connectivity index (χ0n) is 16.0. The molecule has 1 heterocycles. The fourth-order valence-electron chi connectivity index (χ4n) is 2.86. The molecule has 0 atom stereocenters. The number of anilines is 1. The van der Waals surface area contributed by atoms with Gasteiger partial charge in [-0.1, -0.05) is 60.1 Å². The molecule has 1 amide bonds. The van der Waals surface area contributed by atoms with Crippen LogP contribution in [0.2, 0.25) is 5.02 Å². The third-order valence-electron chi connectivity index (χ3n) is 4.45. The number of amides is 1. The van der Waals surface area contributed by atoms with Gasteiger partial charge in [0, 0.05) is 36.3 Å². The van der Waals surface area contributed by atoms with Gasteiger partial charge in [-0.25, -0.2) is 9.97 Å². The Labute approximate surface area is 170 Å². The Morgan fingerprint density at radius 3 is 2.36 bits per heavy atom. The first-order chi connectivity index (χ1) is 13.6. The molecule has 2 aromatic carbocycles. The normalized spacial score (nSPS) is 10.5. The van der Waals surface area contributed by atoms with Gasteiger partial charge in [-0.15, -0.1) is 0 Å². The summed E-state index contributed by atoms with van der Waals surface area (Å²) in [6, 6.07) is 19.0. The van der Waals surface area contributed by atoms with E-state index in [0.717, 1.165) is 11.1 Å². The van der Waals surface area contributed by atoms with Gasteiger partial charge in [0.05, 0.1) is 0 Å². The summed E-state index contributed by atoms with van der Waals surface area (Å²) in [7, 11) is 0. The van der Waals surface area contributed by atoms with Gasteiger partial charge in [-0.3, -0.25) is 4.79 Å². The van der Waals surface area contributed by atoms with E-state index < -0.39 is 0 Å². The molecule has 3 aromatic rings. The van der Waals surface area contributed by atoms with E-state index in [9.17, 15) is 4.79 Å². The van der Waals surface area contributed by atoms with Crippen molar-refractivity contribution in [2.75, 3.05) is 18.4 Å². The molecule has 28 heavy (non-hydrogen) atoms. The van der Waals surface area contributed by atoms with Crippen LogP contribution in [0.4, 0.5) is 5.82 Å². The summed E-state index contributed by atoms with van der Waals surface area (Å²) < 4.78 is 0. The van der Waals surface area contributed by atoms with Crippen molar-refractivity contribution in [1.29, 1.82) is 0 Å². The molecule has 0 radical (unpaired) electrons. The highest BCUT2D eigenvalue weighted by atomic mass is 35.5. The van der Waals surface area contributed by atoms with Crippen LogP contribution < -0.4 is 5.32 Å². The van der Waals surface area contributed by atoms with Gasteiger partial charge in [-0.2, -0.15) is 0 Å². The Morgan fingerprint density at radius 1 is 1.00 bits per heavy atom. The molecule has 0 aliphatic carbocycles. The van der Waals surface area contributed by atoms with Crippen LogP contribution in [-0.2, 0) is 6.54 Å². The summed E-state index contributed by atoms with van der Waals surface area (Å²) in [4.78, 5) is 23.7. The SMILES string of the molecule is CCN(CC)C(=O)c1cc(NCc2ccccc2Cl)nc(-c2ccccc2)n1. The topological polar surface area (TPSA) is 58.1 Å². The Bertz CT molecular complexity index is 942. The minimum Gasteiger partial charge on any atom is -0.366 e. The van der Waals surface area contributed by atoms with E-state index in [1.807, 2.05) is 68.4 Å². The average Bonchev–Trinajstić information content (AvgIpc) is 2.74. The average molecular weight is 395 g/mol. The van der Waals surface area contributed by atoms with E-state index in [0.29, 0.717) is 42.0 Å². The molecule has 1 aromatic heterocycles. The van der Waals surface area contributed by atoms with E-state index >= 15 is 0 Å². The van der Waals surface area contributed by atoms with Gasteiger partial charge in [0.15, 0.2) is 5.82 Å². The van der Waals surface area contributed by atoms with Gasteiger partial charge in [0.25, 0.3) is 5.91 Å². The van der Waals surface area contributed by atoms with Crippen LogP contribution in [0.5, 0.6) is 0 Å². The maximum atomic E-state index is 12.9. The van der Waals surface area contributed by atoms with Gasteiger partial charge in [-0.05, 0) is 25.5 Å². The number of carbonyl (C=O) groups is 1. The molecule has 0 saturated heterocycles. The van der Waals surface area contributed by atoms with Crippen molar-refractivity contribution in [1.82, 2.24) is 14.9 Å². The molecular formula is C22H23ClN4O. The summed E-state index contributed by atoms with van der Waals surface area (Å²) in [6.45, 7) is 5.67. The summed E-state index contributed by atoms with van der Waals surface area (Å²) in [5.74, 6) is 0.995. The lowest BCUT2D eigenvalue weighted by molar-refractivity contribution is 0.0767. The zero-order chi connectivity index (χ0) is 19.9. The van der Waals surface area contributed by atoms with Crippen molar-refractivity contribution in [3.8, 4) is 11.4 Å². The van der Waals surface area contributed by atoms with Crippen molar-refractivity contribution >= 4 is 23.3 Å². The lowest BCUT2D eigenvalue weighted by atomic mass is 10.2. The molecule has 0 unspecified atom stereocenters. The van der Waals surface area contributed by atoms with Crippen LogP contribution in [0.3, 0.4) is 0 Å². The Kier molecular flexibility index (Phi) is 6.61. The smallest absolute Gasteiger partial charge is 0.272 e. The first-order valence-corrected chi connectivity index (χ1v) is 9.71. The fraction of sp³-hybridized carbons (Fsp3) is 0.227. The van der Waals surface area contributed by atoms with Gasteiger partial charge in [0.1, 0.15) is 11.5 Å². The Balaban J connectivity index is 1.95. The molecule has 3 rings (SSSR count). The summed E-state index contributed by atoms with van der Waals surface area (Å²) in [5.41, 5.74) is 2.19. The molecule has 1 N–H and O–H groups in total. The van der Waals surface area contributed by atoms with Crippen molar-refractivity contribution in [2.45, 2.75) is 20.4 Å². The molecular weight excluding hydrogens is 372 g/mol. The maximum absolute atomic E-state index is 12.9. The number of hydrogen-bond acceptors (Lipinski definition) is 4. The molecule has 144 valence electrons. The van der Waals surface area contributed by atoms with Crippen LogP contribution in [0.15, 0.2) is 60.7 Å². The maximum Gasteiger partial charge on any atom is 0.272 e. The molecule has 6 heteroatoms. The summed E-state index contributed by atoms with van der Waals surface area (Å²) in [6.07, 6.45) is 0. The number of nitrogens with zero attached hydrogens (tertiary/aromatic N) is 3. The van der Waals surface area contributed by atoms with E-state index in [2.05, 4.69) is 15.3 Å². The van der Waals surface area contributed by atoms with E-state index in [1.54, 1.807) is 11.0 Å². The largest absolute Gasteiger partial charge is 0.366 e. The molecule has 0 aliphatic rings. The van der Waals surface area contributed by atoms with Crippen molar-refractivity contribution in [3.63, 3.8) is 0 Å². The first-order valence-electron chi connectivity index (χ1n) is 9.33. The number of halogens is 1. The fourth-order valence-corrected chi connectivity index (χ4v) is 3.07. The highest BCUT2D eigenvalue weighted by Crippen LogP contribution is 2.21. The third-order valence-corrected chi connectivity index (χ3v) is 4.81. The lowest BCUT2D eigenvalue weighted by Gasteiger charge is -2.19. The molecule has 0 spiro atoms. The lowest BCUT2D eigenvalue weighted by Crippen LogP contribution is -2.31. The second-order valence-corrected chi connectivity index (χ2v) is 6.66. The molecule has 5 nitrogen and oxygen atoms in total. The number of benzene rings is 2. The summed E-state index contributed by atoms with van der Waals surface area (Å²) in [5, 5.41) is 3.96. The minimum atomic E-state index is -0.106. The zero-order valence-corrected chi connectivity index (χ0v) is 16.8. The van der Waals surface area contributed by atoms with Crippen LogP contribution >= 0.6 is 11.6 Å². The number of nitrogens with one attached hydrogen (secondary N) is 1. The standard InChI is InChI=1S/C22H23ClN4O/c1-3-27(4-2)22(28)19-14-20(24-15-17-12-8-9-13-18(17)23)26-21(25-19)16-10-6-5-7-11-16/h5-14H,3-4,15H2,1-2H3,(H,24,25,26). The summed E-state index contributed by atoms with van der Waals surface area (Å²) >= 11 is 6.24. The number of carbonyl (C=O) groups excluding carboxylic acids is 1. The molecule has 0 fully saturated rings. The van der Waals surface area contributed by atoms with Crippen molar-refractivity contribution in [3.05, 3.63) is 76.9 Å². The third kappa shape index (κ3) is 4.67. The van der Waals surface area contributed by atoms with Gasteiger partial charge < -0.3 is 10.2 Å². The second kappa shape index (κ2) is 9.33. The molecule has 0 bridgehead atoms. The van der Waals surface area contributed by atoms with Crippen molar-refractivity contribution in [2.24, 2.45) is 0 Å². The van der Waals surface area contributed by atoms with Crippen LogP contribution in [-0.4, -0.2) is 33.9 Å². The van der Waals surface area contributed by atoms with Crippen LogP contribution in [0.1, 0.15) is 29.9 Å². The highest BCUT2D eigenvalue weighted by molar-refractivity contribution is 6.31. The predicted octanol–water partition coefficient (Wildman–Crippen LogP) is 4.89. The Hall–Kier alpha value is -2.92. The molecule has 0 aliphatic heterocycles. The first kappa shape index (κ1) is 19.8. The van der Waals surface area contributed by atoms with Crippen LogP contribution in [0, 0.1) is 0 Å². The highest BCUT2D eigenvalue weighted by Gasteiger charge is 2.17. The van der Waals surface area contributed by atoms with Gasteiger partial charge >= 0.3 is 0 Å². The van der Waals surface area contributed by atoms with E-state index in [-0.39, 0.29) is 5.91 Å². The quantitative estimate of drug-likeness (QED) is 0.619. The number of hydrogen-bond donors (Lipinski definition) is 1. The van der Waals surface area contributed by atoms with E-state index in [4.69, 9.17) is 11.6 Å². The van der Waals surface area contributed by atoms with E-state index in [1.165, 1.54) is 0 Å². The molecule has 0 saturated carbocycles. The van der Waals surface area contributed by atoms with Gasteiger partial charge in [0.2, 0.25) is 0 Å². The van der Waals surface area contributed by atoms with Crippen molar-refractivity contribution < 1.29 is 4.79 Å². The minimum absolute atomic E-state index is 0.106. The predicted molar refractivity (Wildman–Crippen MR) is 113 cm³/mol. The number of aromatic nitrogens is 2. The van der Waals surface area contributed by atoms with Crippen LogP contribution in [0.25, 0.3) is 11.4 Å².